The number of aromatic nitrogens is 3. The van der Waals surface area contributed by atoms with Crippen LogP contribution in [0.3, 0.4) is 0 Å². The van der Waals surface area contributed by atoms with Gasteiger partial charge in [0.15, 0.2) is 0 Å². The zero-order chi connectivity index (χ0) is 17.6. The quantitative estimate of drug-likeness (QED) is 0.753. The van der Waals surface area contributed by atoms with Crippen LogP contribution in [0.2, 0.25) is 0 Å². The van der Waals surface area contributed by atoms with E-state index in [-0.39, 0.29) is 6.03 Å². The summed E-state index contributed by atoms with van der Waals surface area (Å²) in [7, 11) is 0. The lowest BCUT2D eigenvalue weighted by Gasteiger charge is -2.13. The number of carbonyl (C=O) groups is 1. The van der Waals surface area contributed by atoms with Crippen molar-refractivity contribution in [3.63, 3.8) is 0 Å². The molecule has 7 nitrogen and oxygen atoms in total. The highest BCUT2D eigenvalue weighted by Gasteiger charge is 2.15. The van der Waals surface area contributed by atoms with Crippen LogP contribution >= 0.6 is 0 Å². The summed E-state index contributed by atoms with van der Waals surface area (Å²) < 4.78 is 1.84. The summed E-state index contributed by atoms with van der Waals surface area (Å²) in [6.07, 6.45) is 4.28. The van der Waals surface area contributed by atoms with E-state index in [0.717, 1.165) is 30.0 Å². The normalized spacial score (nSPS) is 17.0. The Balaban J connectivity index is 1.50. The van der Waals surface area contributed by atoms with Gasteiger partial charge in [0.25, 0.3) is 0 Å². The Labute approximate surface area is 148 Å². The first kappa shape index (κ1) is 17.4. The van der Waals surface area contributed by atoms with Crippen molar-refractivity contribution in [2.45, 2.75) is 51.7 Å². The first-order valence-electron chi connectivity index (χ1n) is 8.88. The van der Waals surface area contributed by atoms with Crippen LogP contribution in [-0.4, -0.2) is 33.6 Å². The van der Waals surface area contributed by atoms with Gasteiger partial charge in [0.2, 0.25) is 0 Å². The second-order valence-corrected chi connectivity index (χ2v) is 6.77. The largest absolute Gasteiger partial charge is 0.332 e. The van der Waals surface area contributed by atoms with E-state index in [4.69, 9.17) is 0 Å². The Kier molecular flexibility index (Phi) is 5.65. The summed E-state index contributed by atoms with van der Waals surface area (Å²) in [5.74, 6) is 0.348. The highest BCUT2D eigenvalue weighted by atomic mass is 16.2. The molecule has 1 aliphatic rings. The maximum Gasteiger partial charge on any atom is 0.319 e. The van der Waals surface area contributed by atoms with E-state index < -0.39 is 0 Å². The van der Waals surface area contributed by atoms with E-state index in [1.807, 2.05) is 35.1 Å². The van der Waals surface area contributed by atoms with Gasteiger partial charge >= 0.3 is 6.03 Å². The number of anilines is 1. The van der Waals surface area contributed by atoms with Gasteiger partial charge in [0.1, 0.15) is 5.69 Å². The molecule has 7 heteroatoms. The van der Waals surface area contributed by atoms with Gasteiger partial charge in [-0.15, -0.1) is 5.10 Å². The number of urea groups is 1. The lowest BCUT2D eigenvalue weighted by molar-refractivity contribution is 0.251. The molecule has 3 N–H and O–H groups in total. The molecular formula is C18H26N6O. The van der Waals surface area contributed by atoms with Crippen molar-refractivity contribution in [3.8, 4) is 0 Å². The number of amides is 2. The fraction of sp³-hybridized carbons (Fsp3) is 0.500. The Hall–Kier alpha value is -2.41. The molecule has 1 aromatic carbocycles. The van der Waals surface area contributed by atoms with Gasteiger partial charge in [-0.25, -0.2) is 4.79 Å². The molecule has 2 heterocycles. The van der Waals surface area contributed by atoms with Gasteiger partial charge in [0, 0.05) is 11.7 Å². The summed E-state index contributed by atoms with van der Waals surface area (Å²) in [6.45, 7) is 6.46. The second kappa shape index (κ2) is 8.11. The van der Waals surface area contributed by atoms with Crippen molar-refractivity contribution in [2.75, 3.05) is 11.9 Å². The molecule has 0 spiro atoms. The van der Waals surface area contributed by atoms with Gasteiger partial charge < -0.3 is 16.0 Å². The molecule has 3 rings (SSSR count). The number of hydrogen-bond acceptors (Lipinski definition) is 4. The fourth-order valence-electron chi connectivity index (χ4n) is 3.10. The van der Waals surface area contributed by atoms with E-state index in [1.165, 1.54) is 12.8 Å². The number of para-hydroxylation sites is 1. The zero-order valence-electron chi connectivity index (χ0n) is 14.8. The molecule has 2 aromatic rings. The van der Waals surface area contributed by atoms with Crippen LogP contribution in [0, 0.1) is 0 Å². The molecular weight excluding hydrogens is 316 g/mol. The smallest absolute Gasteiger partial charge is 0.319 e. The van der Waals surface area contributed by atoms with E-state index in [9.17, 15) is 4.79 Å². The first-order valence-corrected chi connectivity index (χ1v) is 8.88. The van der Waals surface area contributed by atoms with Crippen molar-refractivity contribution in [3.05, 3.63) is 41.7 Å². The molecule has 2 amide bonds. The van der Waals surface area contributed by atoms with E-state index in [1.54, 1.807) is 0 Å². The molecule has 25 heavy (non-hydrogen) atoms. The van der Waals surface area contributed by atoms with Gasteiger partial charge in [0.05, 0.1) is 19.3 Å². The maximum absolute atomic E-state index is 12.2. The maximum atomic E-state index is 12.2. The lowest BCUT2D eigenvalue weighted by atomic mass is 10.0. The minimum atomic E-state index is -0.236. The molecule has 1 saturated heterocycles. The number of carbonyl (C=O) groups excluding carboxylic acids is 1. The zero-order valence-corrected chi connectivity index (χ0v) is 14.8. The van der Waals surface area contributed by atoms with Crippen molar-refractivity contribution < 1.29 is 4.79 Å². The molecule has 0 radical (unpaired) electrons. The SMILES string of the molecule is CC(C)c1ccccc1NC(=O)NCc1cn(C[C@@H]2CCCN2)nn1. The topological polar surface area (TPSA) is 83.9 Å². The van der Waals surface area contributed by atoms with Crippen molar-refractivity contribution >= 4 is 11.7 Å². The Morgan fingerprint density at radius 3 is 3.00 bits per heavy atom. The third-order valence-corrected chi connectivity index (χ3v) is 4.42. The number of benzene rings is 1. The monoisotopic (exact) mass is 342 g/mol. The van der Waals surface area contributed by atoms with Gasteiger partial charge in [-0.05, 0) is 36.9 Å². The number of rotatable bonds is 6. The van der Waals surface area contributed by atoms with Crippen molar-refractivity contribution in [2.24, 2.45) is 0 Å². The summed E-state index contributed by atoms with van der Waals surface area (Å²) in [5.41, 5.74) is 2.71. The third kappa shape index (κ3) is 4.79. The van der Waals surface area contributed by atoms with Crippen LogP contribution in [0.1, 0.15) is 43.9 Å². The highest BCUT2D eigenvalue weighted by Crippen LogP contribution is 2.23. The molecule has 0 aliphatic carbocycles. The molecule has 1 fully saturated rings. The molecule has 134 valence electrons. The number of hydrogen-bond donors (Lipinski definition) is 3. The van der Waals surface area contributed by atoms with Gasteiger partial charge in [-0.2, -0.15) is 0 Å². The second-order valence-electron chi connectivity index (χ2n) is 6.77. The Morgan fingerprint density at radius 2 is 2.24 bits per heavy atom. The lowest BCUT2D eigenvalue weighted by Crippen LogP contribution is -2.29. The highest BCUT2D eigenvalue weighted by molar-refractivity contribution is 5.90. The molecule has 0 bridgehead atoms. The standard InChI is InChI=1S/C18H26N6O/c1-13(2)16-7-3-4-8-17(16)21-18(25)20-10-15-12-24(23-22-15)11-14-6-5-9-19-14/h3-4,7-8,12-14,19H,5-6,9-11H2,1-2H3,(H2,20,21,25)/t14-/m0/s1. The predicted molar refractivity (Wildman–Crippen MR) is 97.4 cm³/mol. The minimum Gasteiger partial charge on any atom is -0.332 e. The van der Waals surface area contributed by atoms with E-state index >= 15 is 0 Å². The third-order valence-electron chi connectivity index (χ3n) is 4.42. The molecule has 1 aromatic heterocycles. The number of nitrogens with zero attached hydrogens (tertiary/aromatic N) is 3. The Bertz CT molecular complexity index is 705. The van der Waals surface area contributed by atoms with Gasteiger partial charge in [-0.3, -0.25) is 4.68 Å². The van der Waals surface area contributed by atoms with Crippen LogP contribution in [-0.2, 0) is 13.1 Å². The predicted octanol–water partition coefficient (Wildman–Crippen LogP) is 2.48. The average molecular weight is 342 g/mol. The summed E-state index contributed by atoms with van der Waals surface area (Å²) in [4.78, 5) is 12.2. The first-order chi connectivity index (χ1) is 12.1. The molecule has 0 unspecified atom stereocenters. The summed E-state index contributed by atoms with van der Waals surface area (Å²) in [6, 6.07) is 8.08. The van der Waals surface area contributed by atoms with Gasteiger partial charge in [-0.1, -0.05) is 37.3 Å². The van der Waals surface area contributed by atoms with E-state index in [0.29, 0.717) is 18.5 Å². The van der Waals surface area contributed by atoms with Crippen LogP contribution in [0.4, 0.5) is 10.5 Å². The molecule has 0 saturated carbocycles. The van der Waals surface area contributed by atoms with Crippen molar-refractivity contribution in [1.82, 2.24) is 25.6 Å². The number of nitrogens with one attached hydrogen (secondary N) is 3. The van der Waals surface area contributed by atoms with Crippen LogP contribution in [0.15, 0.2) is 30.5 Å². The van der Waals surface area contributed by atoms with Crippen LogP contribution in [0.5, 0.6) is 0 Å². The molecule has 1 aliphatic heterocycles. The fourth-order valence-corrected chi connectivity index (χ4v) is 3.10. The van der Waals surface area contributed by atoms with Crippen molar-refractivity contribution in [1.29, 1.82) is 0 Å². The minimum absolute atomic E-state index is 0.236. The van der Waals surface area contributed by atoms with E-state index in [2.05, 4.69) is 40.1 Å². The summed E-state index contributed by atoms with van der Waals surface area (Å²) in [5, 5.41) is 17.4. The average Bonchev–Trinajstić information content (AvgIpc) is 3.26. The molecule has 1 atom stereocenters. The Morgan fingerprint density at radius 1 is 1.40 bits per heavy atom. The van der Waals surface area contributed by atoms with Crippen LogP contribution in [0.25, 0.3) is 0 Å². The summed E-state index contributed by atoms with van der Waals surface area (Å²) >= 11 is 0. The van der Waals surface area contributed by atoms with Crippen LogP contribution < -0.4 is 16.0 Å².